The van der Waals surface area contributed by atoms with Crippen molar-refractivity contribution < 1.29 is 9.90 Å². The van der Waals surface area contributed by atoms with Crippen molar-refractivity contribution in [3.05, 3.63) is 47.3 Å². The first-order chi connectivity index (χ1) is 9.58. The van der Waals surface area contributed by atoms with Crippen molar-refractivity contribution in [1.82, 2.24) is 15.0 Å². The SMILES string of the molecule is CCc1ccc(Cn2cc(CC(N)C(=O)O)nn2)cc1. The third kappa shape index (κ3) is 3.64. The van der Waals surface area contributed by atoms with E-state index in [1.165, 1.54) is 5.56 Å². The van der Waals surface area contributed by atoms with Crippen LogP contribution in [0, 0.1) is 0 Å². The second-order valence-corrected chi connectivity index (χ2v) is 4.73. The monoisotopic (exact) mass is 274 g/mol. The number of aliphatic carboxylic acids is 1. The first-order valence-corrected chi connectivity index (χ1v) is 6.53. The van der Waals surface area contributed by atoms with E-state index in [1.54, 1.807) is 10.9 Å². The first-order valence-electron chi connectivity index (χ1n) is 6.53. The fourth-order valence-corrected chi connectivity index (χ4v) is 1.89. The highest BCUT2D eigenvalue weighted by Crippen LogP contribution is 2.07. The molecule has 0 saturated heterocycles. The van der Waals surface area contributed by atoms with Crippen LogP contribution in [0.5, 0.6) is 0 Å². The smallest absolute Gasteiger partial charge is 0.320 e. The highest BCUT2D eigenvalue weighted by Gasteiger charge is 2.14. The van der Waals surface area contributed by atoms with Crippen LogP contribution in [0.3, 0.4) is 0 Å². The lowest BCUT2D eigenvalue weighted by molar-refractivity contribution is -0.138. The standard InChI is InChI=1S/C14H18N4O2/c1-2-10-3-5-11(6-4-10)8-18-9-12(16-17-18)7-13(15)14(19)20/h3-6,9,13H,2,7-8,15H2,1H3,(H,19,20). The van der Waals surface area contributed by atoms with Crippen molar-refractivity contribution in [1.29, 1.82) is 0 Å². The second-order valence-electron chi connectivity index (χ2n) is 4.73. The maximum absolute atomic E-state index is 10.7. The maximum atomic E-state index is 10.7. The number of aryl methyl sites for hydroxylation is 1. The Morgan fingerprint density at radius 2 is 2.00 bits per heavy atom. The minimum atomic E-state index is -1.03. The molecule has 1 unspecified atom stereocenters. The van der Waals surface area contributed by atoms with Crippen molar-refractivity contribution in [2.75, 3.05) is 0 Å². The molecule has 0 spiro atoms. The van der Waals surface area contributed by atoms with Gasteiger partial charge in [-0.05, 0) is 17.5 Å². The summed E-state index contributed by atoms with van der Waals surface area (Å²) in [7, 11) is 0. The zero-order valence-corrected chi connectivity index (χ0v) is 11.4. The molecular formula is C14H18N4O2. The Labute approximate surface area is 117 Å². The lowest BCUT2D eigenvalue weighted by Gasteiger charge is -2.03. The Bertz CT molecular complexity index is 577. The van der Waals surface area contributed by atoms with Gasteiger partial charge in [-0.2, -0.15) is 0 Å². The number of nitrogens with zero attached hydrogens (tertiary/aromatic N) is 3. The molecule has 0 aliphatic rings. The van der Waals surface area contributed by atoms with Crippen LogP contribution in [-0.4, -0.2) is 32.1 Å². The molecule has 20 heavy (non-hydrogen) atoms. The quantitative estimate of drug-likeness (QED) is 0.814. The van der Waals surface area contributed by atoms with Gasteiger partial charge < -0.3 is 10.8 Å². The maximum Gasteiger partial charge on any atom is 0.320 e. The molecule has 1 atom stereocenters. The number of carboxylic acid groups (broad SMARTS) is 1. The van der Waals surface area contributed by atoms with Crippen molar-refractivity contribution in [3.63, 3.8) is 0 Å². The van der Waals surface area contributed by atoms with Gasteiger partial charge in [-0.3, -0.25) is 4.79 Å². The van der Waals surface area contributed by atoms with Crippen molar-refractivity contribution in [2.24, 2.45) is 5.73 Å². The van der Waals surface area contributed by atoms with Gasteiger partial charge >= 0.3 is 5.97 Å². The number of nitrogens with two attached hydrogens (primary N) is 1. The number of aromatic nitrogens is 3. The van der Waals surface area contributed by atoms with Crippen LogP contribution in [0.1, 0.15) is 23.7 Å². The molecule has 2 aromatic rings. The van der Waals surface area contributed by atoms with E-state index in [0.29, 0.717) is 12.2 Å². The van der Waals surface area contributed by atoms with Gasteiger partial charge in [-0.25, -0.2) is 4.68 Å². The Balaban J connectivity index is 1.99. The summed E-state index contributed by atoms with van der Waals surface area (Å²) >= 11 is 0. The summed E-state index contributed by atoms with van der Waals surface area (Å²) in [5.41, 5.74) is 8.47. The van der Waals surface area contributed by atoms with Gasteiger partial charge in [-0.15, -0.1) is 5.10 Å². The summed E-state index contributed by atoms with van der Waals surface area (Å²) in [5.74, 6) is -1.03. The summed E-state index contributed by atoms with van der Waals surface area (Å²) in [6.45, 7) is 2.73. The molecule has 1 heterocycles. The zero-order chi connectivity index (χ0) is 14.5. The summed E-state index contributed by atoms with van der Waals surface area (Å²) in [5, 5.41) is 16.7. The van der Waals surface area contributed by atoms with E-state index in [2.05, 4.69) is 41.5 Å². The lowest BCUT2D eigenvalue weighted by atomic mass is 10.1. The third-order valence-electron chi connectivity index (χ3n) is 3.11. The van der Waals surface area contributed by atoms with E-state index in [-0.39, 0.29) is 6.42 Å². The van der Waals surface area contributed by atoms with E-state index >= 15 is 0 Å². The molecule has 0 aliphatic heterocycles. The summed E-state index contributed by atoms with van der Waals surface area (Å²) in [6, 6.07) is 7.36. The number of hydrogen-bond donors (Lipinski definition) is 2. The summed E-state index contributed by atoms with van der Waals surface area (Å²) in [6.07, 6.45) is 2.93. The number of carbonyl (C=O) groups is 1. The molecule has 3 N–H and O–H groups in total. The number of hydrogen-bond acceptors (Lipinski definition) is 4. The van der Waals surface area contributed by atoms with Crippen LogP contribution in [0.25, 0.3) is 0 Å². The van der Waals surface area contributed by atoms with Gasteiger partial charge in [0.15, 0.2) is 0 Å². The average Bonchev–Trinajstić information content (AvgIpc) is 2.86. The molecule has 0 amide bonds. The van der Waals surface area contributed by atoms with Crippen LogP contribution in [0.4, 0.5) is 0 Å². The Hall–Kier alpha value is -2.21. The molecule has 2 rings (SSSR count). The Morgan fingerprint density at radius 3 is 2.60 bits per heavy atom. The Kier molecular flexibility index (Phi) is 4.47. The van der Waals surface area contributed by atoms with Gasteiger partial charge in [0.25, 0.3) is 0 Å². The zero-order valence-electron chi connectivity index (χ0n) is 11.4. The minimum absolute atomic E-state index is 0.185. The van der Waals surface area contributed by atoms with Crippen molar-refractivity contribution in [3.8, 4) is 0 Å². The van der Waals surface area contributed by atoms with Gasteiger partial charge in [0, 0.05) is 12.6 Å². The molecule has 6 nitrogen and oxygen atoms in total. The number of benzene rings is 1. The molecule has 6 heteroatoms. The van der Waals surface area contributed by atoms with Crippen molar-refractivity contribution in [2.45, 2.75) is 32.4 Å². The summed E-state index contributed by atoms with van der Waals surface area (Å²) < 4.78 is 1.69. The van der Waals surface area contributed by atoms with E-state index in [1.807, 2.05) is 0 Å². The molecule has 1 aromatic carbocycles. The molecular weight excluding hydrogens is 256 g/mol. The second kappa shape index (κ2) is 6.29. The Morgan fingerprint density at radius 1 is 1.35 bits per heavy atom. The topological polar surface area (TPSA) is 94.0 Å². The molecule has 0 bridgehead atoms. The van der Waals surface area contributed by atoms with Gasteiger partial charge in [0.05, 0.1) is 12.2 Å². The van der Waals surface area contributed by atoms with E-state index in [4.69, 9.17) is 10.8 Å². The molecule has 0 fully saturated rings. The fraction of sp³-hybridized carbons (Fsp3) is 0.357. The highest BCUT2D eigenvalue weighted by atomic mass is 16.4. The van der Waals surface area contributed by atoms with Crippen LogP contribution in [-0.2, 0) is 24.2 Å². The van der Waals surface area contributed by atoms with Gasteiger partial charge in [0.1, 0.15) is 6.04 Å². The van der Waals surface area contributed by atoms with E-state index in [9.17, 15) is 4.79 Å². The molecule has 0 radical (unpaired) electrons. The van der Waals surface area contributed by atoms with Crippen LogP contribution >= 0.6 is 0 Å². The van der Waals surface area contributed by atoms with Crippen molar-refractivity contribution >= 4 is 5.97 Å². The van der Waals surface area contributed by atoms with Crippen LogP contribution < -0.4 is 5.73 Å². The fourth-order valence-electron chi connectivity index (χ4n) is 1.89. The molecule has 106 valence electrons. The first kappa shape index (κ1) is 14.2. The van der Waals surface area contributed by atoms with E-state index in [0.717, 1.165) is 12.0 Å². The van der Waals surface area contributed by atoms with Crippen LogP contribution in [0.15, 0.2) is 30.5 Å². The highest BCUT2D eigenvalue weighted by molar-refractivity contribution is 5.73. The molecule has 1 aromatic heterocycles. The minimum Gasteiger partial charge on any atom is -0.480 e. The normalized spacial score (nSPS) is 12.3. The predicted octanol–water partition coefficient (Wildman–Crippen LogP) is 0.843. The predicted molar refractivity (Wildman–Crippen MR) is 74.3 cm³/mol. The lowest BCUT2D eigenvalue weighted by Crippen LogP contribution is -2.32. The molecule has 0 aliphatic carbocycles. The average molecular weight is 274 g/mol. The van der Waals surface area contributed by atoms with Gasteiger partial charge in [-0.1, -0.05) is 36.4 Å². The van der Waals surface area contributed by atoms with E-state index < -0.39 is 12.0 Å². The molecule has 0 saturated carbocycles. The number of rotatable bonds is 6. The van der Waals surface area contributed by atoms with Gasteiger partial charge in [0.2, 0.25) is 0 Å². The van der Waals surface area contributed by atoms with Crippen LogP contribution in [0.2, 0.25) is 0 Å². The summed E-state index contributed by atoms with van der Waals surface area (Å²) in [4.78, 5) is 10.7. The number of carboxylic acids is 1. The third-order valence-corrected chi connectivity index (χ3v) is 3.11. The largest absolute Gasteiger partial charge is 0.480 e.